The normalized spacial score (nSPS) is 11.1. The van der Waals surface area contributed by atoms with Crippen molar-refractivity contribution in [1.29, 1.82) is 0 Å². The Morgan fingerprint density at radius 2 is 2.00 bits per heavy atom. The van der Waals surface area contributed by atoms with Crippen molar-refractivity contribution in [3.05, 3.63) is 45.7 Å². The van der Waals surface area contributed by atoms with E-state index in [4.69, 9.17) is 9.84 Å². The van der Waals surface area contributed by atoms with Gasteiger partial charge in [-0.2, -0.15) is 0 Å². The number of aryl methyl sites for hydroxylation is 2. The summed E-state index contributed by atoms with van der Waals surface area (Å²) in [5.41, 5.74) is 1.09. The Bertz CT molecular complexity index is 766. The molecule has 0 saturated carbocycles. The van der Waals surface area contributed by atoms with Crippen molar-refractivity contribution in [1.82, 2.24) is 4.57 Å². The van der Waals surface area contributed by atoms with Crippen LogP contribution < -0.4 is 5.43 Å². The van der Waals surface area contributed by atoms with E-state index in [2.05, 4.69) is 0 Å². The molecule has 0 amide bonds. The third kappa shape index (κ3) is 4.21. The van der Waals surface area contributed by atoms with E-state index >= 15 is 0 Å². The molecule has 2 aromatic rings. The summed E-state index contributed by atoms with van der Waals surface area (Å²) in [4.78, 5) is 23.7. The predicted molar refractivity (Wildman–Crippen MR) is 91.7 cm³/mol. The van der Waals surface area contributed by atoms with Crippen molar-refractivity contribution >= 4 is 16.9 Å². The van der Waals surface area contributed by atoms with E-state index in [1.165, 1.54) is 6.20 Å². The van der Waals surface area contributed by atoms with Crippen molar-refractivity contribution < 1.29 is 19.7 Å². The summed E-state index contributed by atoms with van der Waals surface area (Å²) in [5.74, 6) is -1.20. The van der Waals surface area contributed by atoms with E-state index in [1.54, 1.807) is 10.6 Å². The van der Waals surface area contributed by atoms with Crippen LogP contribution in [0.25, 0.3) is 10.9 Å². The van der Waals surface area contributed by atoms with Crippen molar-refractivity contribution in [2.45, 2.75) is 32.7 Å². The van der Waals surface area contributed by atoms with Crippen molar-refractivity contribution in [3.8, 4) is 0 Å². The molecule has 1 aromatic carbocycles. The van der Waals surface area contributed by atoms with E-state index < -0.39 is 11.4 Å². The zero-order valence-corrected chi connectivity index (χ0v) is 13.8. The first-order chi connectivity index (χ1) is 11.6. The third-order valence-corrected chi connectivity index (χ3v) is 3.92. The topological polar surface area (TPSA) is 88.8 Å². The average Bonchev–Trinajstić information content (AvgIpc) is 2.58. The molecule has 6 nitrogen and oxygen atoms in total. The van der Waals surface area contributed by atoms with Crippen molar-refractivity contribution in [2.75, 3.05) is 19.8 Å². The highest BCUT2D eigenvalue weighted by Crippen LogP contribution is 2.16. The van der Waals surface area contributed by atoms with Crippen LogP contribution >= 0.6 is 0 Å². The van der Waals surface area contributed by atoms with Gasteiger partial charge in [0.05, 0.1) is 5.52 Å². The smallest absolute Gasteiger partial charge is 0.341 e. The van der Waals surface area contributed by atoms with Gasteiger partial charge >= 0.3 is 5.97 Å². The Kier molecular flexibility index (Phi) is 6.52. The molecule has 0 atom stereocenters. The Labute approximate surface area is 140 Å². The minimum absolute atomic E-state index is 0.125. The number of ether oxygens (including phenoxy) is 1. The Hall–Kier alpha value is -2.18. The molecule has 0 bridgehead atoms. The van der Waals surface area contributed by atoms with Crippen LogP contribution in [0, 0.1) is 0 Å². The molecular weight excluding hydrogens is 310 g/mol. The van der Waals surface area contributed by atoms with Crippen molar-refractivity contribution in [3.63, 3.8) is 0 Å². The molecule has 6 heteroatoms. The number of carboxylic acid groups (broad SMARTS) is 1. The number of carbonyl (C=O) groups is 1. The largest absolute Gasteiger partial charge is 0.477 e. The first-order valence-corrected chi connectivity index (χ1v) is 8.16. The van der Waals surface area contributed by atoms with Gasteiger partial charge in [-0.25, -0.2) is 4.79 Å². The highest BCUT2D eigenvalue weighted by Gasteiger charge is 2.14. The molecule has 24 heavy (non-hydrogen) atoms. The van der Waals surface area contributed by atoms with Crippen LogP contribution in [0.4, 0.5) is 0 Å². The minimum atomic E-state index is -1.20. The highest BCUT2D eigenvalue weighted by molar-refractivity contribution is 5.92. The number of rotatable bonds is 9. The molecule has 2 rings (SSSR count). The molecule has 0 unspecified atom stereocenters. The molecule has 1 aromatic heterocycles. The summed E-state index contributed by atoms with van der Waals surface area (Å²) in [6.45, 7) is 3.76. The number of hydrogen-bond acceptors (Lipinski definition) is 4. The fourth-order valence-electron chi connectivity index (χ4n) is 2.66. The maximum Gasteiger partial charge on any atom is 0.341 e. The zero-order chi connectivity index (χ0) is 17.5. The molecule has 1 heterocycles. The van der Waals surface area contributed by atoms with Gasteiger partial charge < -0.3 is 19.5 Å². The average molecular weight is 333 g/mol. The number of carboxylic acids is 1. The lowest BCUT2D eigenvalue weighted by molar-refractivity contribution is 0.0695. The van der Waals surface area contributed by atoms with Gasteiger partial charge in [0.1, 0.15) is 5.56 Å². The number of aliphatic hydroxyl groups is 1. The zero-order valence-electron chi connectivity index (χ0n) is 13.8. The lowest BCUT2D eigenvalue weighted by atomic mass is 10.0. The molecule has 0 fully saturated rings. The Morgan fingerprint density at radius 1 is 1.25 bits per heavy atom. The molecule has 2 N–H and O–H groups in total. The van der Waals surface area contributed by atoms with Gasteiger partial charge in [-0.05, 0) is 43.9 Å². The summed E-state index contributed by atoms with van der Waals surface area (Å²) in [6.07, 6.45) is 3.58. The van der Waals surface area contributed by atoms with Gasteiger partial charge in [-0.15, -0.1) is 0 Å². The maximum atomic E-state index is 12.4. The van der Waals surface area contributed by atoms with Crippen LogP contribution in [0.1, 0.15) is 35.7 Å². The van der Waals surface area contributed by atoms with Gasteiger partial charge in [0.2, 0.25) is 5.43 Å². The Morgan fingerprint density at radius 3 is 2.67 bits per heavy atom. The molecule has 0 radical (unpaired) electrons. The molecular formula is C18H23NO5. The fraction of sp³-hybridized carbons (Fsp3) is 0.444. The predicted octanol–water partition coefficient (Wildman–Crippen LogP) is 2.05. The molecule has 0 aliphatic rings. The standard InChI is InChI=1S/C18H23NO5/c1-2-19-12-15(18(22)23)17(21)14-11-13(6-7-16(14)19)5-3-9-24-10-4-8-20/h6-7,11-12,20H,2-5,8-10H2,1H3,(H,22,23). The monoisotopic (exact) mass is 333 g/mol. The van der Waals surface area contributed by atoms with Crippen LogP contribution in [0.15, 0.2) is 29.2 Å². The van der Waals surface area contributed by atoms with E-state index in [-0.39, 0.29) is 12.2 Å². The number of aromatic carboxylic acids is 1. The van der Waals surface area contributed by atoms with Gasteiger partial charge in [0, 0.05) is 37.9 Å². The summed E-state index contributed by atoms with van der Waals surface area (Å²) >= 11 is 0. The molecule has 0 aliphatic heterocycles. The first kappa shape index (κ1) is 18.2. The van der Waals surface area contributed by atoms with E-state index in [9.17, 15) is 14.7 Å². The van der Waals surface area contributed by atoms with Crippen LogP contribution in [0.2, 0.25) is 0 Å². The number of pyridine rings is 1. The minimum Gasteiger partial charge on any atom is -0.477 e. The maximum absolute atomic E-state index is 12.4. The molecule has 0 aliphatic carbocycles. The number of fused-ring (bicyclic) bond motifs is 1. The second-order valence-corrected chi connectivity index (χ2v) is 5.61. The van der Waals surface area contributed by atoms with Gasteiger partial charge in [0.15, 0.2) is 0 Å². The second kappa shape index (κ2) is 8.61. The molecule has 0 saturated heterocycles. The second-order valence-electron chi connectivity index (χ2n) is 5.61. The summed E-state index contributed by atoms with van der Waals surface area (Å²) in [5, 5.41) is 18.3. The number of aromatic nitrogens is 1. The van der Waals surface area contributed by atoms with E-state index in [1.807, 2.05) is 19.1 Å². The van der Waals surface area contributed by atoms with Crippen LogP contribution in [-0.4, -0.2) is 40.6 Å². The number of hydrogen-bond donors (Lipinski definition) is 2. The van der Waals surface area contributed by atoms with E-state index in [0.29, 0.717) is 31.6 Å². The molecule has 0 spiro atoms. The van der Waals surface area contributed by atoms with Gasteiger partial charge in [-0.3, -0.25) is 4.79 Å². The molecule has 130 valence electrons. The SMILES string of the molecule is CCn1cc(C(=O)O)c(=O)c2cc(CCCOCCCO)ccc21. The van der Waals surface area contributed by atoms with Crippen LogP contribution in [0.3, 0.4) is 0 Å². The lowest BCUT2D eigenvalue weighted by Crippen LogP contribution is -2.18. The summed E-state index contributed by atoms with van der Waals surface area (Å²) in [7, 11) is 0. The lowest BCUT2D eigenvalue weighted by Gasteiger charge is -2.11. The highest BCUT2D eigenvalue weighted by atomic mass is 16.5. The number of aliphatic hydroxyl groups excluding tert-OH is 1. The quantitative estimate of drug-likeness (QED) is 0.686. The number of nitrogens with zero attached hydrogens (tertiary/aromatic N) is 1. The summed E-state index contributed by atoms with van der Waals surface area (Å²) < 4.78 is 7.17. The van der Waals surface area contributed by atoms with Gasteiger partial charge in [0.25, 0.3) is 0 Å². The first-order valence-electron chi connectivity index (χ1n) is 8.16. The number of benzene rings is 1. The fourth-order valence-corrected chi connectivity index (χ4v) is 2.66. The van der Waals surface area contributed by atoms with Crippen molar-refractivity contribution in [2.24, 2.45) is 0 Å². The van der Waals surface area contributed by atoms with E-state index in [0.717, 1.165) is 23.9 Å². The van der Waals surface area contributed by atoms with Crippen LogP contribution in [-0.2, 0) is 17.7 Å². The third-order valence-electron chi connectivity index (χ3n) is 3.92. The van der Waals surface area contributed by atoms with Crippen LogP contribution in [0.5, 0.6) is 0 Å². The summed E-state index contributed by atoms with van der Waals surface area (Å²) in [6, 6.07) is 5.61. The Balaban J connectivity index is 2.21. The van der Waals surface area contributed by atoms with Gasteiger partial charge in [-0.1, -0.05) is 6.07 Å².